The molecule has 1 heterocycles. The molecule has 0 spiro atoms. The molecule has 0 aliphatic carbocycles. The highest BCUT2D eigenvalue weighted by molar-refractivity contribution is 7.79. The Morgan fingerprint density at radius 1 is 1.67 bits per heavy atom. The Kier molecular flexibility index (Phi) is 2.53. The first kappa shape index (κ1) is 8.84. The largest absolute Gasteiger partial charge is 0.301 e. The minimum absolute atomic E-state index is 0.0200. The van der Waals surface area contributed by atoms with E-state index in [1.54, 1.807) is 13.0 Å². The topological polar surface area (TPSA) is 74.0 Å². The Morgan fingerprint density at radius 3 is 2.83 bits per heavy atom. The van der Waals surface area contributed by atoms with Crippen molar-refractivity contribution in [1.82, 2.24) is 4.98 Å². The molecule has 62 valence electrons. The molecule has 0 aliphatic rings. The molecule has 0 saturated carbocycles. The summed E-state index contributed by atoms with van der Waals surface area (Å²) in [5, 5.41) is 8.53. The van der Waals surface area contributed by atoms with Gasteiger partial charge in [-0.05, 0) is 19.1 Å². The molecule has 1 atom stereocenters. The summed E-state index contributed by atoms with van der Waals surface area (Å²) in [6, 6.07) is 4.72. The molecule has 1 N–H and O–H groups in total. The Labute approximate surface area is 72.2 Å². The number of hydrogen-bond donors (Lipinski definition) is 1. The van der Waals surface area contributed by atoms with Crippen LogP contribution in [-0.2, 0) is 11.1 Å². The van der Waals surface area contributed by atoms with E-state index >= 15 is 0 Å². The van der Waals surface area contributed by atoms with Gasteiger partial charge in [0.1, 0.15) is 0 Å². The first-order valence-electron chi connectivity index (χ1n) is 3.13. The maximum Gasteiger partial charge on any atom is 0.205 e. The van der Waals surface area contributed by atoms with Crippen LogP contribution in [0.3, 0.4) is 0 Å². The van der Waals surface area contributed by atoms with Crippen molar-refractivity contribution in [2.45, 2.75) is 11.9 Å². The average Bonchev–Trinajstić information content (AvgIpc) is 2.03. The second-order valence-electron chi connectivity index (χ2n) is 2.20. The zero-order chi connectivity index (χ0) is 9.14. The van der Waals surface area contributed by atoms with Gasteiger partial charge in [0.2, 0.25) is 11.1 Å². The summed E-state index contributed by atoms with van der Waals surface area (Å²) in [6.07, 6.45) is 0. The minimum Gasteiger partial charge on any atom is -0.301 e. The van der Waals surface area contributed by atoms with Crippen molar-refractivity contribution in [3.05, 3.63) is 23.4 Å². The predicted molar refractivity (Wildman–Crippen MR) is 42.7 cm³/mol. The van der Waals surface area contributed by atoms with Crippen LogP contribution in [-0.4, -0.2) is 13.7 Å². The van der Waals surface area contributed by atoms with Gasteiger partial charge in [-0.2, -0.15) is 5.26 Å². The summed E-state index contributed by atoms with van der Waals surface area (Å²) in [4.78, 5) is 3.78. The van der Waals surface area contributed by atoms with Crippen LogP contribution < -0.4 is 0 Å². The highest BCUT2D eigenvalue weighted by Gasteiger charge is 2.03. The molecule has 5 heteroatoms. The summed E-state index contributed by atoms with van der Waals surface area (Å²) >= 11 is -2.11. The van der Waals surface area contributed by atoms with E-state index in [0.29, 0.717) is 11.3 Å². The van der Waals surface area contributed by atoms with Crippen molar-refractivity contribution in [3.63, 3.8) is 0 Å². The van der Waals surface area contributed by atoms with E-state index in [-0.39, 0.29) is 5.03 Å². The summed E-state index contributed by atoms with van der Waals surface area (Å²) < 4.78 is 19.2. The van der Waals surface area contributed by atoms with E-state index in [1.165, 1.54) is 6.07 Å². The first-order valence-corrected chi connectivity index (χ1v) is 4.24. The third-order valence-corrected chi connectivity index (χ3v) is 1.80. The fraction of sp³-hybridized carbons (Fsp3) is 0.143. The lowest BCUT2D eigenvalue weighted by molar-refractivity contribution is 0.560. The zero-order valence-electron chi connectivity index (χ0n) is 6.31. The normalized spacial score (nSPS) is 12.1. The van der Waals surface area contributed by atoms with Crippen LogP contribution in [0.25, 0.3) is 0 Å². The number of pyridine rings is 1. The maximum absolute atomic E-state index is 10.6. The Morgan fingerprint density at radius 2 is 2.33 bits per heavy atom. The van der Waals surface area contributed by atoms with E-state index in [4.69, 9.17) is 9.81 Å². The van der Waals surface area contributed by atoms with Crippen LogP contribution in [0.2, 0.25) is 0 Å². The third kappa shape index (κ3) is 1.87. The molecule has 1 aromatic heterocycles. The van der Waals surface area contributed by atoms with E-state index in [9.17, 15) is 4.21 Å². The van der Waals surface area contributed by atoms with Crippen LogP contribution >= 0.6 is 0 Å². The van der Waals surface area contributed by atoms with Crippen molar-refractivity contribution in [3.8, 4) is 6.07 Å². The quantitative estimate of drug-likeness (QED) is 0.653. The van der Waals surface area contributed by atoms with Crippen molar-refractivity contribution in [2.75, 3.05) is 0 Å². The monoisotopic (exact) mass is 182 g/mol. The smallest absolute Gasteiger partial charge is 0.205 e. The summed E-state index contributed by atoms with van der Waals surface area (Å²) in [6.45, 7) is 1.66. The van der Waals surface area contributed by atoms with Crippen LogP contribution in [0.1, 0.15) is 11.3 Å². The van der Waals surface area contributed by atoms with Gasteiger partial charge in [0.15, 0.2) is 5.03 Å². The summed E-state index contributed by atoms with van der Waals surface area (Å²) in [5.41, 5.74) is 0.909. The second-order valence-corrected chi connectivity index (χ2v) is 3.11. The number of aromatic nitrogens is 1. The van der Waals surface area contributed by atoms with Crippen molar-refractivity contribution >= 4 is 11.1 Å². The van der Waals surface area contributed by atoms with Gasteiger partial charge in [-0.15, -0.1) is 0 Å². The average molecular weight is 182 g/mol. The number of nitriles is 1. The molecule has 0 amide bonds. The second kappa shape index (κ2) is 3.43. The summed E-state index contributed by atoms with van der Waals surface area (Å²) in [5.74, 6) is 0. The highest BCUT2D eigenvalue weighted by atomic mass is 32.2. The van der Waals surface area contributed by atoms with Gasteiger partial charge in [0.25, 0.3) is 0 Å². The Hall–Kier alpha value is -1.25. The number of aryl methyl sites for hydroxylation is 1. The molecule has 0 saturated heterocycles. The van der Waals surface area contributed by atoms with E-state index in [0.717, 1.165) is 0 Å². The lowest BCUT2D eigenvalue weighted by Crippen LogP contribution is -1.95. The van der Waals surface area contributed by atoms with Crippen molar-refractivity contribution < 1.29 is 8.76 Å². The van der Waals surface area contributed by atoms with Crippen molar-refractivity contribution in [1.29, 1.82) is 5.26 Å². The minimum atomic E-state index is -2.11. The van der Waals surface area contributed by atoms with E-state index in [1.807, 2.05) is 6.07 Å². The predicted octanol–water partition coefficient (Wildman–Crippen LogP) is 0.842. The highest BCUT2D eigenvalue weighted by Crippen LogP contribution is 2.06. The Bertz CT molecular complexity index is 370. The van der Waals surface area contributed by atoms with Crippen LogP contribution in [0, 0.1) is 18.3 Å². The van der Waals surface area contributed by atoms with Gasteiger partial charge < -0.3 is 4.55 Å². The van der Waals surface area contributed by atoms with Gasteiger partial charge >= 0.3 is 0 Å². The van der Waals surface area contributed by atoms with Crippen LogP contribution in [0.5, 0.6) is 0 Å². The lowest BCUT2D eigenvalue weighted by atomic mass is 10.2. The molecule has 12 heavy (non-hydrogen) atoms. The van der Waals surface area contributed by atoms with Gasteiger partial charge in [-0.3, -0.25) is 0 Å². The first-order chi connectivity index (χ1) is 5.63. The fourth-order valence-corrected chi connectivity index (χ4v) is 1.24. The fourth-order valence-electron chi connectivity index (χ4n) is 0.792. The molecule has 0 fully saturated rings. The van der Waals surface area contributed by atoms with Gasteiger partial charge in [-0.25, -0.2) is 9.19 Å². The number of rotatable bonds is 1. The molecule has 1 aromatic rings. The van der Waals surface area contributed by atoms with Gasteiger partial charge in [0, 0.05) is 5.69 Å². The zero-order valence-corrected chi connectivity index (χ0v) is 7.13. The molecule has 0 aromatic carbocycles. The van der Waals surface area contributed by atoms with Gasteiger partial charge in [-0.1, -0.05) is 0 Å². The lowest BCUT2D eigenvalue weighted by Gasteiger charge is -1.96. The molecular weight excluding hydrogens is 176 g/mol. The standard InChI is InChI=1S/C7H6N2O2S/c1-5-2-6(4-8)3-7(9-5)12(10)11/h2-3H,1H3,(H,10,11). The van der Waals surface area contributed by atoms with E-state index in [2.05, 4.69) is 4.98 Å². The molecular formula is C7H6N2O2S. The molecule has 0 bridgehead atoms. The van der Waals surface area contributed by atoms with Crippen molar-refractivity contribution in [2.24, 2.45) is 0 Å². The number of nitrogens with zero attached hydrogens (tertiary/aromatic N) is 2. The van der Waals surface area contributed by atoms with Crippen LogP contribution in [0.4, 0.5) is 0 Å². The number of hydrogen-bond acceptors (Lipinski definition) is 3. The third-order valence-electron chi connectivity index (χ3n) is 1.24. The summed E-state index contributed by atoms with van der Waals surface area (Å²) in [7, 11) is 0. The molecule has 4 nitrogen and oxygen atoms in total. The van der Waals surface area contributed by atoms with Gasteiger partial charge in [0.05, 0.1) is 11.6 Å². The molecule has 0 radical (unpaired) electrons. The van der Waals surface area contributed by atoms with Crippen LogP contribution in [0.15, 0.2) is 17.2 Å². The molecule has 0 aliphatic heterocycles. The Balaban J connectivity index is 3.26. The van der Waals surface area contributed by atoms with E-state index < -0.39 is 11.1 Å². The SMILES string of the molecule is Cc1cc(C#N)cc(S(=O)O)n1. The maximum atomic E-state index is 10.6. The molecule has 1 unspecified atom stereocenters. The molecule has 1 rings (SSSR count).